The Morgan fingerprint density at radius 2 is 1.87 bits per heavy atom. The first-order chi connectivity index (χ1) is 7.16. The van der Waals surface area contributed by atoms with Crippen molar-refractivity contribution in [3.63, 3.8) is 0 Å². The van der Waals surface area contributed by atoms with Crippen LogP contribution in [-0.2, 0) is 0 Å². The topological polar surface area (TPSA) is 25.8 Å². The predicted octanol–water partition coefficient (Wildman–Crippen LogP) is 3.24. The summed E-state index contributed by atoms with van der Waals surface area (Å²) < 4.78 is 12.6. The molecule has 0 fully saturated rings. The number of hydrogen-bond donors (Lipinski definition) is 0. The lowest BCUT2D eigenvalue weighted by molar-refractivity contribution is 0.584. The van der Waals surface area contributed by atoms with E-state index in [4.69, 9.17) is 11.6 Å². The lowest BCUT2D eigenvalue weighted by Gasteiger charge is -2.02. The van der Waals surface area contributed by atoms with Crippen LogP contribution >= 0.6 is 11.6 Å². The van der Waals surface area contributed by atoms with Crippen LogP contribution in [0.5, 0.6) is 0 Å². The fraction of sp³-hybridized carbons (Fsp3) is 0.0909. The van der Waals surface area contributed by atoms with E-state index < -0.39 is 5.95 Å². The highest BCUT2D eigenvalue weighted by molar-refractivity contribution is 6.31. The van der Waals surface area contributed by atoms with Crippen LogP contribution in [0.1, 0.15) is 5.69 Å². The summed E-state index contributed by atoms with van der Waals surface area (Å²) in [5.74, 6) is -0.495. The Balaban J connectivity index is 2.45. The van der Waals surface area contributed by atoms with Crippen molar-refractivity contribution in [2.45, 2.75) is 6.92 Å². The molecule has 2 rings (SSSR count). The summed E-state index contributed by atoms with van der Waals surface area (Å²) in [6.07, 6.45) is 3.15. The van der Waals surface area contributed by atoms with E-state index in [1.165, 1.54) is 12.3 Å². The van der Waals surface area contributed by atoms with E-state index in [1.807, 2.05) is 6.92 Å². The Labute approximate surface area is 91.8 Å². The Morgan fingerprint density at radius 1 is 1.13 bits per heavy atom. The van der Waals surface area contributed by atoms with E-state index in [9.17, 15) is 4.39 Å². The first kappa shape index (κ1) is 10.1. The number of aromatic nitrogens is 2. The zero-order chi connectivity index (χ0) is 10.8. The minimum atomic E-state index is -0.495. The van der Waals surface area contributed by atoms with E-state index in [0.717, 1.165) is 16.8 Å². The molecule has 0 amide bonds. The van der Waals surface area contributed by atoms with E-state index in [-0.39, 0.29) is 0 Å². The lowest BCUT2D eigenvalue weighted by atomic mass is 10.1. The Bertz CT molecular complexity index is 482. The highest BCUT2D eigenvalue weighted by Gasteiger charge is 2.02. The normalized spacial score (nSPS) is 10.3. The second-order valence-corrected chi connectivity index (χ2v) is 3.57. The molecule has 0 radical (unpaired) electrons. The van der Waals surface area contributed by atoms with Gasteiger partial charge in [-0.2, -0.15) is 4.39 Å². The minimum absolute atomic E-state index is 0.495. The smallest absolute Gasteiger partial charge is 0.212 e. The standard InChI is InChI=1S/C11H8ClFN2/c1-7-10(12)4-9(6-14-7)8-2-3-11(13)15-5-8/h2-6H,1H3. The molecule has 15 heavy (non-hydrogen) atoms. The lowest BCUT2D eigenvalue weighted by Crippen LogP contribution is -1.87. The number of nitrogens with zero attached hydrogens (tertiary/aromatic N) is 2. The first-order valence-electron chi connectivity index (χ1n) is 4.41. The fourth-order valence-corrected chi connectivity index (χ4v) is 1.38. The first-order valence-corrected chi connectivity index (χ1v) is 4.78. The van der Waals surface area contributed by atoms with Crippen molar-refractivity contribution in [2.24, 2.45) is 0 Å². The van der Waals surface area contributed by atoms with E-state index in [0.29, 0.717) is 5.02 Å². The van der Waals surface area contributed by atoms with Crippen molar-refractivity contribution in [1.82, 2.24) is 9.97 Å². The minimum Gasteiger partial charge on any atom is -0.259 e. The quantitative estimate of drug-likeness (QED) is 0.693. The van der Waals surface area contributed by atoms with E-state index in [1.54, 1.807) is 18.3 Å². The van der Waals surface area contributed by atoms with Crippen molar-refractivity contribution < 1.29 is 4.39 Å². The van der Waals surface area contributed by atoms with Crippen LogP contribution in [0.25, 0.3) is 11.1 Å². The molecule has 0 saturated carbocycles. The van der Waals surface area contributed by atoms with Crippen LogP contribution < -0.4 is 0 Å². The van der Waals surface area contributed by atoms with Gasteiger partial charge >= 0.3 is 0 Å². The summed E-state index contributed by atoms with van der Waals surface area (Å²) >= 11 is 5.94. The van der Waals surface area contributed by atoms with Gasteiger partial charge in [0, 0.05) is 23.5 Å². The van der Waals surface area contributed by atoms with Gasteiger partial charge in [0.25, 0.3) is 0 Å². The van der Waals surface area contributed by atoms with Crippen LogP contribution in [0.2, 0.25) is 5.02 Å². The van der Waals surface area contributed by atoms with Crippen molar-refractivity contribution in [3.8, 4) is 11.1 Å². The van der Waals surface area contributed by atoms with Crippen molar-refractivity contribution in [1.29, 1.82) is 0 Å². The molecule has 0 aliphatic heterocycles. The van der Waals surface area contributed by atoms with Gasteiger partial charge in [-0.25, -0.2) is 4.98 Å². The number of aryl methyl sites for hydroxylation is 1. The van der Waals surface area contributed by atoms with Gasteiger partial charge in [-0.15, -0.1) is 0 Å². The maximum absolute atomic E-state index is 12.6. The third-order valence-corrected chi connectivity index (χ3v) is 2.47. The average Bonchev–Trinajstić information content (AvgIpc) is 2.23. The van der Waals surface area contributed by atoms with E-state index in [2.05, 4.69) is 9.97 Å². The molecule has 2 aromatic heterocycles. The molecule has 0 N–H and O–H groups in total. The SMILES string of the molecule is Cc1ncc(-c2ccc(F)nc2)cc1Cl. The van der Waals surface area contributed by atoms with Gasteiger partial charge in [0.1, 0.15) is 0 Å². The average molecular weight is 223 g/mol. The molecule has 2 nitrogen and oxygen atoms in total. The Hall–Kier alpha value is -1.48. The Morgan fingerprint density at radius 3 is 2.47 bits per heavy atom. The molecule has 0 spiro atoms. The second-order valence-electron chi connectivity index (χ2n) is 3.16. The summed E-state index contributed by atoms with van der Waals surface area (Å²) in [6.45, 7) is 1.83. The van der Waals surface area contributed by atoms with Crippen molar-refractivity contribution in [2.75, 3.05) is 0 Å². The van der Waals surface area contributed by atoms with Crippen molar-refractivity contribution in [3.05, 3.63) is 47.3 Å². The summed E-state index contributed by atoms with van der Waals surface area (Å²) in [7, 11) is 0. The van der Waals surface area contributed by atoms with Crippen LogP contribution in [-0.4, -0.2) is 9.97 Å². The number of halogens is 2. The highest BCUT2D eigenvalue weighted by Crippen LogP contribution is 2.22. The molecule has 0 unspecified atom stereocenters. The van der Waals surface area contributed by atoms with Crippen LogP contribution in [0.15, 0.2) is 30.6 Å². The van der Waals surface area contributed by atoms with Gasteiger partial charge in [0.2, 0.25) is 5.95 Å². The van der Waals surface area contributed by atoms with E-state index >= 15 is 0 Å². The third-order valence-electron chi connectivity index (χ3n) is 2.09. The summed E-state index contributed by atoms with van der Waals surface area (Å²) in [4.78, 5) is 7.69. The van der Waals surface area contributed by atoms with Crippen molar-refractivity contribution >= 4 is 11.6 Å². The van der Waals surface area contributed by atoms with Crippen LogP contribution in [0.4, 0.5) is 4.39 Å². The molecule has 0 aliphatic carbocycles. The van der Waals surface area contributed by atoms with Gasteiger partial charge < -0.3 is 0 Å². The van der Waals surface area contributed by atoms with Gasteiger partial charge in [-0.1, -0.05) is 11.6 Å². The predicted molar refractivity (Wildman–Crippen MR) is 57.2 cm³/mol. The maximum atomic E-state index is 12.6. The molecule has 0 atom stereocenters. The third kappa shape index (κ3) is 2.13. The molecule has 4 heteroatoms. The molecule has 2 aromatic rings. The summed E-state index contributed by atoms with van der Waals surface area (Å²) in [5, 5.41) is 0.594. The Kier molecular flexibility index (Phi) is 2.64. The number of rotatable bonds is 1. The molecule has 0 aromatic carbocycles. The maximum Gasteiger partial charge on any atom is 0.212 e. The molecule has 0 bridgehead atoms. The zero-order valence-electron chi connectivity index (χ0n) is 8.04. The van der Waals surface area contributed by atoms with Gasteiger partial charge in [0.15, 0.2) is 0 Å². The van der Waals surface area contributed by atoms with Crippen LogP contribution in [0, 0.1) is 12.9 Å². The molecule has 0 saturated heterocycles. The fourth-order valence-electron chi connectivity index (χ4n) is 1.21. The second kappa shape index (κ2) is 3.95. The molecular weight excluding hydrogens is 215 g/mol. The molecule has 0 aliphatic rings. The molecular formula is C11H8ClFN2. The van der Waals surface area contributed by atoms with Crippen LogP contribution in [0.3, 0.4) is 0 Å². The summed E-state index contributed by atoms with van der Waals surface area (Å²) in [6, 6.07) is 4.74. The summed E-state index contributed by atoms with van der Waals surface area (Å²) in [5.41, 5.74) is 2.40. The van der Waals surface area contributed by atoms with Gasteiger partial charge in [-0.3, -0.25) is 4.98 Å². The number of hydrogen-bond acceptors (Lipinski definition) is 2. The zero-order valence-corrected chi connectivity index (χ0v) is 8.79. The van der Waals surface area contributed by atoms with Gasteiger partial charge in [0.05, 0.1) is 10.7 Å². The molecule has 76 valence electrons. The largest absolute Gasteiger partial charge is 0.259 e. The molecule has 2 heterocycles. The van der Waals surface area contributed by atoms with Gasteiger partial charge in [-0.05, 0) is 25.1 Å². The highest BCUT2D eigenvalue weighted by atomic mass is 35.5. The number of pyridine rings is 2. The monoisotopic (exact) mass is 222 g/mol.